The van der Waals surface area contributed by atoms with Crippen molar-refractivity contribution in [3.8, 4) is 5.69 Å². The zero-order chi connectivity index (χ0) is 29.8. The van der Waals surface area contributed by atoms with Crippen molar-refractivity contribution < 1.29 is 27.1 Å². The lowest BCUT2D eigenvalue weighted by Crippen LogP contribution is -2.50. The highest BCUT2D eigenvalue weighted by Gasteiger charge is 2.42. The van der Waals surface area contributed by atoms with Crippen LogP contribution in [-0.4, -0.2) is 74.0 Å². The number of fused-ring (bicyclic) bond motifs is 3. The Morgan fingerprint density at radius 1 is 1.05 bits per heavy atom. The van der Waals surface area contributed by atoms with Crippen LogP contribution in [0.3, 0.4) is 0 Å². The molecule has 12 heteroatoms. The number of nitrogens with two attached hydrogens (primary N) is 1. The molecule has 3 amide bonds. The van der Waals surface area contributed by atoms with E-state index in [0.717, 1.165) is 43.4 Å². The van der Waals surface area contributed by atoms with E-state index in [0.29, 0.717) is 67.5 Å². The van der Waals surface area contributed by atoms with Crippen LogP contribution in [0, 0.1) is 11.2 Å². The minimum absolute atomic E-state index is 0.0383. The number of amides is 3. The molecule has 2 aromatic rings. The van der Waals surface area contributed by atoms with E-state index in [9.17, 15) is 18.0 Å². The van der Waals surface area contributed by atoms with Crippen molar-refractivity contribution >= 4 is 27.5 Å². The molecule has 3 heterocycles. The summed E-state index contributed by atoms with van der Waals surface area (Å²) in [6.07, 6.45) is 5.72. The summed E-state index contributed by atoms with van der Waals surface area (Å²) >= 11 is 0. The first kappa shape index (κ1) is 29.0. The summed E-state index contributed by atoms with van der Waals surface area (Å²) in [5, 5.41) is 6.50. The van der Waals surface area contributed by atoms with Gasteiger partial charge in [0, 0.05) is 36.6 Å². The van der Waals surface area contributed by atoms with Gasteiger partial charge in [-0.1, -0.05) is 13.8 Å². The molecule has 0 bridgehead atoms. The summed E-state index contributed by atoms with van der Waals surface area (Å²) in [6.45, 7) is 6.14. The van der Waals surface area contributed by atoms with Crippen LogP contribution in [0.4, 0.5) is 14.9 Å². The van der Waals surface area contributed by atoms with Gasteiger partial charge >= 0.3 is 6.03 Å². The number of halogens is 1. The van der Waals surface area contributed by atoms with Crippen LogP contribution in [0.1, 0.15) is 73.3 Å². The molecule has 0 unspecified atom stereocenters. The van der Waals surface area contributed by atoms with Gasteiger partial charge in [0.25, 0.3) is 5.91 Å². The van der Waals surface area contributed by atoms with Crippen molar-refractivity contribution in [2.45, 2.75) is 82.2 Å². The molecule has 4 aliphatic rings. The second kappa shape index (κ2) is 10.9. The molecule has 1 aromatic carbocycles. The maximum absolute atomic E-state index is 15.6. The van der Waals surface area contributed by atoms with Gasteiger partial charge < -0.3 is 30.6 Å². The molecule has 0 atom stereocenters. The molecular weight excluding hydrogens is 561 g/mol. The average Bonchev–Trinajstić information content (AvgIpc) is 3.48. The number of rotatable bonds is 5. The van der Waals surface area contributed by atoms with Crippen molar-refractivity contribution in [2.24, 2.45) is 11.1 Å². The highest BCUT2D eigenvalue weighted by atomic mass is 32.2. The highest BCUT2D eigenvalue weighted by Crippen LogP contribution is 2.45. The number of morpholine rings is 1. The fraction of sp³-hybridized carbons (Fsp3) is 0.600. The number of hydrogen-bond donors (Lipinski definition) is 3. The van der Waals surface area contributed by atoms with Crippen LogP contribution in [0.25, 0.3) is 5.69 Å². The quantitative estimate of drug-likeness (QED) is 0.481. The smallest absolute Gasteiger partial charge is 0.317 e. The van der Waals surface area contributed by atoms with Crippen molar-refractivity contribution in [2.75, 3.05) is 37.4 Å². The van der Waals surface area contributed by atoms with E-state index in [2.05, 4.69) is 10.6 Å². The van der Waals surface area contributed by atoms with Crippen LogP contribution in [0.5, 0.6) is 0 Å². The van der Waals surface area contributed by atoms with Crippen LogP contribution >= 0.6 is 0 Å². The molecule has 2 aliphatic heterocycles. The lowest BCUT2D eigenvalue weighted by molar-refractivity contribution is 0.0521. The van der Waals surface area contributed by atoms with Gasteiger partial charge in [-0.15, -0.1) is 0 Å². The third kappa shape index (κ3) is 5.39. The molecular formula is C30H40FN5O5S. The molecule has 1 saturated heterocycles. The largest absolute Gasteiger partial charge is 0.382 e. The Labute approximate surface area is 246 Å². The SMILES string of the molecule is CC1(C)Cc2c(c3c(n2-c2cc(F)c(C(N)=O)c(N[C@H]4CC[C@H](NC(=O)N5CCOCC5)CC4)c2)CCC3)S(=O)(=O)C1. The van der Waals surface area contributed by atoms with Gasteiger partial charge in [-0.2, -0.15) is 0 Å². The summed E-state index contributed by atoms with van der Waals surface area (Å²) in [5.41, 5.74) is 8.26. The van der Waals surface area contributed by atoms with Crippen molar-refractivity contribution in [3.63, 3.8) is 0 Å². The number of primary amides is 1. The minimum atomic E-state index is -3.49. The molecule has 4 N–H and O–H groups in total. The number of anilines is 1. The first-order valence-electron chi connectivity index (χ1n) is 14.9. The highest BCUT2D eigenvalue weighted by molar-refractivity contribution is 7.91. The van der Waals surface area contributed by atoms with Gasteiger partial charge in [-0.25, -0.2) is 17.6 Å². The first-order chi connectivity index (χ1) is 19.9. The zero-order valence-corrected chi connectivity index (χ0v) is 25.1. The molecule has 6 rings (SSSR count). The summed E-state index contributed by atoms with van der Waals surface area (Å²) in [6, 6.07) is 2.96. The van der Waals surface area contributed by atoms with Gasteiger partial charge in [0.2, 0.25) is 0 Å². The number of benzene rings is 1. The second-order valence-corrected chi connectivity index (χ2v) is 14.9. The Kier molecular flexibility index (Phi) is 7.49. The fourth-order valence-corrected chi connectivity index (χ4v) is 9.70. The summed E-state index contributed by atoms with van der Waals surface area (Å²) < 4.78 is 49.7. The number of urea groups is 1. The molecule has 10 nitrogen and oxygen atoms in total. The number of nitrogens with one attached hydrogen (secondary N) is 2. The normalized spacial score (nSPS) is 24.5. The Hall–Kier alpha value is -3.12. The van der Waals surface area contributed by atoms with E-state index in [-0.39, 0.29) is 29.4 Å². The Bertz CT molecular complexity index is 1520. The molecule has 0 spiro atoms. The summed E-state index contributed by atoms with van der Waals surface area (Å²) in [4.78, 5) is 27.2. The lowest BCUT2D eigenvalue weighted by atomic mass is 9.89. The second-order valence-electron chi connectivity index (χ2n) is 12.9. The molecule has 1 saturated carbocycles. The zero-order valence-electron chi connectivity index (χ0n) is 24.3. The standard InChI is InChI=1S/C30H40FN5O5S/c1-30(2)16-25-27(42(39,40)17-30)21-4-3-5-24(21)36(25)20-14-22(31)26(28(32)37)23(15-20)33-18-6-8-19(9-7-18)34-29(38)35-10-12-41-13-11-35/h14-15,18-19,33H,3-13,16-17H2,1-2H3,(H2,32,37)(H,34,38)/t18-,19-. The number of nitrogens with zero attached hydrogens (tertiary/aromatic N) is 2. The number of sulfone groups is 1. The van der Waals surface area contributed by atoms with Crippen molar-refractivity contribution in [1.29, 1.82) is 0 Å². The van der Waals surface area contributed by atoms with E-state index < -0.39 is 27.0 Å². The van der Waals surface area contributed by atoms with Crippen LogP contribution in [0.2, 0.25) is 0 Å². The monoisotopic (exact) mass is 601 g/mol. The molecule has 1 aromatic heterocycles. The van der Waals surface area contributed by atoms with E-state index >= 15 is 4.39 Å². The van der Waals surface area contributed by atoms with Crippen molar-refractivity contribution in [3.05, 3.63) is 40.5 Å². The van der Waals surface area contributed by atoms with Crippen LogP contribution < -0.4 is 16.4 Å². The predicted octanol–water partition coefficient (Wildman–Crippen LogP) is 3.32. The molecule has 2 aliphatic carbocycles. The van der Waals surface area contributed by atoms with Crippen LogP contribution in [0.15, 0.2) is 17.0 Å². The fourth-order valence-electron chi connectivity index (χ4n) is 7.31. The molecule has 228 valence electrons. The average molecular weight is 602 g/mol. The predicted molar refractivity (Wildman–Crippen MR) is 156 cm³/mol. The lowest BCUT2D eigenvalue weighted by Gasteiger charge is -2.33. The van der Waals surface area contributed by atoms with Gasteiger partial charge in [0.05, 0.1) is 40.8 Å². The molecule has 42 heavy (non-hydrogen) atoms. The maximum Gasteiger partial charge on any atom is 0.317 e. The third-order valence-corrected chi connectivity index (χ3v) is 11.4. The van der Waals surface area contributed by atoms with Gasteiger partial charge in [-0.3, -0.25) is 4.79 Å². The topological polar surface area (TPSA) is 136 Å². The van der Waals surface area contributed by atoms with Gasteiger partial charge in [0.15, 0.2) is 9.84 Å². The number of carbonyl (C=O) groups is 2. The van der Waals surface area contributed by atoms with Crippen molar-refractivity contribution in [1.82, 2.24) is 14.8 Å². The van der Waals surface area contributed by atoms with E-state index in [4.69, 9.17) is 10.5 Å². The Balaban J connectivity index is 1.27. The Morgan fingerprint density at radius 3 is 2.43 bits per heavy atom. The molecule has 2 fully saturated rings. The third-order valence-electron chi connectivity index (χ3n) is 9.09. The minimum Gasteiger partial charge on any atom is -0.382 e. The number of hydrogen-bond acceptors (Lipinski definition) is 6. The summed E-state index contributed by atoms with van der Waals surface area (Å²) in [7, 11) is -3.49. The number of carbonyl (C=O) groups excluding carboxylic acids is 2. The van der Waals surface area contributed by atoms with E-state index in [1.807, 2.05) is 18.4 Å². The number of aromatic nitrogens is 1. The number of ether oxygens (including phenoxy) is 1. The van der Waals surface area contributed by atoms with E-state index in [1.165, 1.54) is 6.07 Å². The first-order valence-corrected chi connectivity index (χ1v) is 16.6. The summed E-state index contributed by atoms with van der Waals surface area (Å²) in [5.74, 6) is -1.52. The van der Waals surface area contributed by atoms with E-state index in [1.54, 1.807) is 11.0 Å². The van der Waals surface area contributed by atoms with Gasteiger partial charge in [0.1, 0.15) is 5.82 Å². The van der Waals surface area contributed by atoms with Gasteiger partial charge in [-0.05, 0) is 74.5 Å². The molecule has 0 radical (unpaired) electrons. The Morgan fingerprint density at radius 2 is 1.74 bits per heavy atom. The van der Waals surface area contributed by atoms with Crippen LogP contribution in [-0.2, 0) is 33.8 Å². The maximum atomic E-state index is 15.6.